The Kier molecular flexibility index (Phi) is 7.03. The topological polar surface area (TPSA) is 63.1 Å². The van der Waals surface area contributed by atoms with E-state index < -0.39 is 5.92 Å². The van der Waals surface area contributed by atoms with Crippen LogP contribution in [-0.2, 0) is 4.79 Å². The van der Waals surface area contributed by atoms with Crippen molar-refractivity contribution in [3.63, 3.8) is 0 Å². The number of allylic oxidation sites excluding steroid dienone is 2. The lowest BCUT2D eigenvalue weighted by Gasteiger charge is -2.22. The van der Waals surface area contributed by atoms with Crippen molar-refractivity contribution < 1.29 is 9.90 Å². The van der Waals surface area contributed by atoms with E-state index in [-0.39, 0.29) is 11.5 Å². The standard InChI is InChI=1S/C43H30N2O2/c1-27(46)24-40(47)41(42-34-20-8-4-14-30(34)25-38(44-42)36-22-10-16-28-12-2-6-18-32(28)36)43-35-21-9-5-15-31(35)26-39(45-43)37-23-11-17-29-13-3-7-19-33(29)37/h2-26,41,47H,1H3. The van der Waals surface area contributed by atoms with Crippen LogP contribution in [-0.4, -0.2) is 20.9 Å². The van der Waals surface area contributed by atoms with E-state index in [1.54, 1.807) is 0 Å². The molecule has 0 unspecified atom stereocenters. The number of aliphatic hydroxyl groups excluding tert-OH is 1. The molecule has 0 saturated heterocycles. The van der Waals surface area contributed by atoms with E-state index in [1.165, 1.54) is 13.0 Å². The Balaban J connectivity index is 1.46. The van der Waals surface area contributed by atoms with E-state index in [0.29, 0.717) is 11.4 Å². The Morgan fingerprint density at radius 3 is 1.36 bits per heavy atom. The number of nitrogens with zero attached hydrogens (tertiary/aromatic N) is 2. The van der Waals surface area contributed by atoms with Crippen LogP contribution in [0.25, 0.3) is 65.6 Å². The molecular formula is C43H30N2O2. The summed E-state index contributed by atoms with van der Waals surface area (Å²) >= 11 is 0. The normalized spacial score (nSPS) is 12.0. The van der Waals surface area contributed by atoms with Gasteiger partial charge in [0.05, 0.1) is 22.8 Å². The van der Waals surface area contributed by atoms with Gasteiger partial charge in [0.15, 0.2) is 5.78 Å². The summed E-state index contributed by atoms with van der Waals surface area (Å²) in [5.74, 6) is -1.17. The van der Waals surface area contributed by atoms with Gasteiger partial charge in [-0.1, -0.05) is 133 Å². The van der Waals surface area contributed by atoms with Gasteiger partial charge in [-0.15, -0.1) is 0 Å². The van der Waals surface area contributed by atoms with Crippen molar-refractivity contribution in [2.45, 2.75) is 12.8 Å². The first-order valence-electron chi connectivity index (χ1n) is 15.7. The number of carbonyl (C=O) groups excluding carboxylic acids is 1. The molecule has 0 saturated carbocycles. The van der Waals surface area contributed by atoms with Crippen LogP contribution in [0.5, 0.6) is 0 Å². The highest BCUT2D eigenvalue weighted by Gasteiger charge is 2.28. The lowest BCUT2D eigenvalue weighted by Crippen LogP contribution is -2.12. The number of hydrogen-bond acceptors (Lipinski definition) is 4. The van der Waals surface area contributed by atoms with Crippen molar-refractivity contribution in [2.75, 3.05) is 0 Å². The molecule has 0 radical (unpaired) electrons. The van der Waals surface area contributed by atoms with Gasteiger partial charge in [0, 0.05) is 28.0 Å². The Labute approximate surface area is 272 Å². The highest BCUT2D eigenvalue weighted by Crippen LogP contribution is 2.41. The van der Waals surface area contributed by atoms with Crippen LogP contribution in [0.2, 0.25) is 0 Å². The Morgan fingerprint density at radius 1 is 0.532 bits per heavy atom. The highest BCUT2D eigenvalue weighted by atomic mass is 16.3. The van der Waals surface area contributed by atoms with Crippen LogP contribution in [0.3, 0.4) is 0 Å². The van der Waals surface area contributed by atoms with E-state index in [4.69, 9.17) is 9.97 Å². The fourth-order valence-corrected chi connectivity index (χ4v) is 6.77. The molecule has 8 rings (SSSR count). The zero-order valence-electron chi connectivity index (χ0n) is 25.8. The fraction of sp³-hybridized carbons (Fsp3) is 0.0465. The predicted molar refractivity (Wildman–Crippen MR) is 193 cm³/mol. The van der Waals surface area contributed by atoms with Gasteiger partial charge in [0.25, 0.3) is 0 Å². The molecule has 2 heterocycles. The number of aromatic nitrogens is 2. The molecule has 0 aliphatic carbocycles. The minimum atomic E-state index is -0.821. The molecule has 0 spiro atoms. The van der Waals surface area contributed by atoms with Gasteiger partial charge in [-0.05, 0) is 51.4 Å². The molecule has 2 aromatic heterocycles. The maximum atomic E-state index is 12.5. The van der Waals surface area contributed by atoms with Gasteiger partial charge in [0.1, 0.15) is 11.7 Å². The number of benzene rings is 6. The lowest BCUT2D eigenvalue weighted by atomic mass is 9.88. The molecule has 1 N–H and O–H groups in total. The minimum Gasteiger partial charge on any atom is -0.511 e. The summed E-state index contributed by atoms with van der Waals surface area (Å²) in [6, 6.07) is 49.3. The lowest BCUT2D eigenvalue weighted by molar-refractivity contribution is -0.112. The van der Waals surface area contributed by atoms with Gasteiger partial charge < -0.3 is 5.11 Å². The molecule has 224 valence electrons. The number of pyridine rings is 2. The predicted octanol–water partition coefficient (Wildman–Crippen LogP) is 10.6. The Hall–Kier alpha value is -6.13. The SMILES string of the molecule is CC(=O)C=C(O)C(c1nc(-c2cccc3ccccc23)cc2ccccc12)c1nc(-c2cccc3ccccc23)cc2ccccc12. The molecule has 0 amide bonds. The van der Waals surface area contributed by atoms with Gasteiger partial charge in [-0.25, -0.2) is 0 Å². The average Bonchev–Trinajstić information content (AvgIpc) is 3.10. The summed E-state index contributed by atoms with van der Waals surface area (Å²) in [7, 11) is 0. The second-order valence-corrected chi connectivity index (χ2v) is 11.9. The molecule has 4 heteroatoms. The first-order chi connectivity index (χ1) is 23.0. The van der Waals surface area contributed by atoms with Crippen molar-refractivity contribution in [2.24, 2.45) is 0 Å². The molecule has 0 aliphatic heterocycles. The highest BCUT2D eigenvalue weighted by molar-refractivity contribution is 6.00. The second kappa shape index (κ2) is 11.7. The van der Waals surface area contributed by atoms with Crippen molar-refractivity contribution in [1.82, 2.24) is 9.97 Å². The number of rotatable bonds is 6. The van der Waals surface area contributed by atoms with Crippen molar-refractivity contribution in [3.05, 3.63) is 169 Å². The molecule has 6 aromatic carbocycles. The molecule has 0 aliphatic rings. The van der Waals surface area contributed by atoms with Crippen molar-refractivity contribution in [3.8, 4) is 22.5 Å². The minimum absolute atomic E-state index is 0.0991. The van der Waals surface area contributed by atoms with Crippen LogP contribution in [0.1, 0.15) is 24.2 Å². The summed E-state index contributed by atoms with van der Waals surface area (Å²) in [6.45, 7) is 1.45. The van der Waals surface area contributed by atoms with Crippen LogP contribution >= 0.6 is 0 Å². The summed E-state index contributed by atoms with van der Waals surface area (Å²) in [5, 5.41) is 20.1. The van der Waals surface area contributed by atoms with Gasteiger partial charge >= 0.3 is 0 Å². The summed E-state index contributed by atoms with van der Waals surface area (Å²) in [5.41, 5.74) is 4.82. The fourth-order valence-electron chi connectivity index (χ4n) is 6.77. The maximum absolute atomic E-state index is 12.5. The second-order valence-electron chi connectivity index (χ2n) is 11.9. The first kappa shape index (κ1) is 28.4. The third-order valence-corrected chi connectivity index (χ3v) is 8.86. The summed E-state index contributed by atoms with van der Waals surface area (Å²) in [4.78, 5) is 23.2. The Morgan fingerprint density at radius 2 is 0.915 bits per heavy atom. The first-order valence-corrected chi connectivity index (χ1v) is 15.7. The third-order valence-electron chi connectivity index (χ3n) is 8.86. The van der Waals surface area contributed by atoms with Crippen molar-refractivity contribution in [1.29, 1.82) is 0 Å². The van der Waals surface area contributed by atoms with E-state index in [0.717, 1.165) is 65.6 Å². The van der Waals surface area contributed by atoms with Crippen LogP contribution in [0.4, 0.5) is 0 Å². The molecule has 47 heavy (non-hydrogen) atoms. The molecule has 0 bridgehead atoms. The Bertz CT molecular complexity index is 2360. The quantitative estimate of drug-likeness (QED) is 0.151. The van der Waals surface area contributed by atoms with Crippen LogP contribution in [0, 0.1) is 0 Å². The van der Waals surface area contributed by atoms with E-state index in [1.807, 2.05) is 72.8 Å². The van der Waals surface area contributed by atoms with Gasteiger partial charge in [0.2, 0.25) is 0 Å². The van der Waals surface area contributed by atoms with Crippen LogP contribution in [0.15, 0.2) is 157 Å². The van der Waals surface area contributed by atoms with Gasteiger partial charge in [-0.2, -0.15) is 0 Å². The molecule has 0 atom stereocenters. The molecule has 4 nitrogen and oxygen atoms in total. The van der Waals surface area contributed by atoms with Crippen LogP contribution < -0.4 is 0 Å². The summed E-state index contributed by atoms with van der Waals surface area (Å²) in [6.07, 6.45) is 1.30. The third kappa shape index (κ3) is 5.10. The molecule has 0 fully saturated rings. The molecular weight excluding hydrogens is 576 g/mol. The number of fused-ring (bicyclic) bond motifs is 4. The van der Waals surface area contributed by atoms with E-state index in [9.17, 15) is 9.90 Å². The maximum Gasteiger partial charge on any atom is 0.155 e. The zero-order chi connectivity index (χ0) is 31.9. The average molecular weight is 607 g/mol. The largest absolute Gasteiger partial charge is 0.511 e. The smallest absolute Gasteiger partial charge is 0.155 e. The summed E-state index contributed by atoms with van der Waals surface area (Å²) < 4.78 is 0. The van der Waals surface area contributed by atoms with Gasteiger partial charge in [-0.3, -0.25) is 14.8 Å². The number of carbonyl (C=O) groups is 1. The molecule has 8 aromatic rings. The monoisotopic (exact) mass is 606 g/mol. The zero-order valence-corrected chi connectivity index (χ0v) is 25.8. The van der Waals surface area contributed by atoms with Crippen molar-refractivity contribution >= 4 is 48.9 Å². The number of hydrogen-bond donors (Lipinski definition) is 1. The van der Waals surface area contributed by atoms with E-state index >= 15 is 0 Å². The number of ketones is 1. The number of aliphatic hydroxyl groups is 1. The van der Waals surface area contributed by atoms with E-state index in [2.05, 4.69) is 72.8 Å².